The highest BCUT2D eigenvalue weighted by molar-refractivity contribution is 5.92. The number of imidazole rings is 1. The molecule has 2 aliphatic heterocycles. The molecule has 3 atom stereocenters. The summed E-state index contributed by atoms with van der Waals surface area (Å²) in [6.07, 6.45) is 11.7. The van der Waals surface area contributed by atoms with E-state index in [9.17, 15) is 19.2 Å². The molecule has 0 radical (unpaired) electrons. The van der Waals surface area contributed by atoms with Gasteiger partial charge in [-0.3, -0.25) is 14.6 Å². The van der Waals surface area contributed by atoms with Crippen molar-refractivity contribution in [2.24, 2.45) is 5.92 Å². The van der Waals surface area contributed by atoms with E-state index in [0.29, 0.717) is 49.1 Å². The minimum Gasteiger partial charge on any atom is -0.436 e. The second-order valence-electron chi connectivity index (χ2n) is 15.5. The van der Waals surface area contributed by atoms with Crippen LogP contribution in [0.4, 0.5) is 9.59 Å². The summed E-state index contributed by atoms with van der Waals surface area (Å²) in [6.45, 7) is 5.19. The van der Waals surface area contributed by atoms with Crippen molar-refractivity contribution in [1.82, 2.24) is 45.7 Å². The fourth-order valence-electron chi connectivity index (χ4n) is 8.08. The Bertz CT molecular complexity index is 2090. The van der Waals surface area contributed by atoms with E-state index in [2.05, 4.69) is 67.0 Å². The molecule has 0 unspecified atom stereocenters. The zero-order chi connectivity index (χ0) is 40.4. The number of aromatic nitrogens is 4. The van der Waals surface area contributed by atoms with Crippen molar-refractivity contribution in [2.75, 3.05) is 26.2 Å². The van der Waals surface area contributed by atoms with E-state index < -0.39 is 12.1 Å². The number of rotatable bonds is 10. The predicted molar refractivity (Wildman–Crippen MR) is 217 cm³/mol. The molecule has 4 aromatic rings. The van der Waals surface area contributed by atoms with E-state index in [1.807, 2.05) is 55.3 Å². The van der Waals surface area contributed by atoms with Gasteiger partial charge in [0, 0.05) is 44.0 Å². The lowest BCUT2D eigenvalue weighted by Crippen LogP contribution is -2.48. The number of carbonyl (C=O) groups excluding carboxylic acids is 4. The normalized spacial score (nSPS) is 20.8. The van der Waals surface area contributed by atoms with E-state index in [4.69, 9.17) is 9.72 Å². The first-order valence-electron chi connectivity index (χ1n) is 20.3. The average molecular weight is 786 g/mol. The molecule has 14 heteroatoms. The van der Waals surface area contributed by atoms with Crippen LogP contribution in [0, 0.1) is 17.8 Å². The third kappa shape index (κ3) is 10.0. The van der Waals surface area contributed by atoms with Crippen molar-refractivity contribution in [1.29, 1.82) is 0 Å². The number of alkyl carbamates (subject to hydrolysis) is 1. The minimum atomic E-state index is -0.905. The summed E-state index contributed by atoms with van der Waals surface area (Å²) in [7, 11) is 0. The first-order chi connectivity index (χ1) is 28.2. The van der Waals surface area contributed by atoms with Gasteiger partial charge in [-0.1, -0.05) is 80.3 Å². The van der Waals surface area contributed by atoms with Crippen LogP contribution in [0.3, 0.4) is 0 Å². The molecule has 4 heterocycles. The number of H-pyrrole nitrogens is 1. The number of likely N-dealkylation sites (tertiary alicyclic amines) is 2. The Morgan fingerprint density at radius 1 is 0.879 bits per heavy atom. The van der Waals surface area contributed by atoms with Gasteiger partial charge in [-0.2, -0.15) is 0 Å². The Hall–Kier alpha value is -6.23. The molecule has 1 saturated carbocycles. The number of benzene rings is 2. The molecular weight excluding hydrogens is 735 g/mol. The Morgan fingerprint density at radius 3 is 2.41 bits per heavy atom. The number of amides is 5. The summed E-state index contributed by atoms with van der Waals surface area (Å²) < 4.78 is 5.17. The Morgan fingerprint density at radius 2 is 1.67 bits per heavy atom. The molecule has 1 aliphatic carbocycles. The van der Waals surface area contributed by atoms with Gasteiger partial charge in [0.2, 0.25) is 5.91 Å². The van der Waals surface area contributed by atoms with Crippen LogP contribution in [0.5, 0.6) is 0 Å². The number of nitrogens with one attached hydrogen (secondary N) is 4. The fraction of sp³-hybridized carbons (Fsp3) is 0.432. The maximum absolute atomic E-state index is 14.4. The topological polar surface area (TPSA) is 175 Å². The van der Waals surface area contributed by atoms with Gasteiger partial charge in [0.1, 0.15) is 17.6 Å². The molecule has 3 aliphatic rings. The molecule has 2 aromatic heterocycles. The van der Waals surface area contributed by atoms with Crippen LogP contribution < -0.4 is 16.0 Å². The van der Waals surface area contributed by atoms with Crippen molar-refractivity contribution in [3.05, 3.63) is 102 Å². The third-order valence-electron chi connectivity index (χ3n) is 11.1. The number of ether oxygens (including phenoxy) is 1. The molecule has 14 nitrogen and oxygen atoms in total. The van der Waals surface area contributed by atoms with E-state index in [-0.39, 0.29) is 48.5 Å². The molecule has 58 heavy (non-hydrogen) atoms. The van der Waals surface area contributed by atoms with Gasteiger partial charge >= 0.3 is 12.1 Å². The highest BCUT2D eigenvalue weighted by Crippen LogP contribution is 2.36. The number of nitrogens with zero attached hydrogens (tertiary/aromatic N) is 5. The van der Waals surface area contributed by atoms with Crippen molar-refractivity contribution in [2.45, 2.75) is 88.9 Å². The van der Waals surface area contributed by atoms with E-state index >= 15 is 0 Å². The van der Waals surface area contributed by atoms with Crippen molar-refractivity contribution >= 4 is 23.9 Å². The van der Waals surface area contributed by atoms with Gasteiger partial charge < -0.3 is 35.5 Å². The van der Waals surface area contributed by atoms with Gasteiger partial charge in [-0.05, 0) is 67.6 Å². The smallest absolute Gasteiger partial charge is 0.408 e. The molecule has 3 fully saturated rings. The molecule has 0 bridgehead atoms. The van der Waals surface area contributed by atoms with Crippen LogP contribution in [0.25, 0.3) is 11.3 Å². The third-order valence-corrected chi connectivity index (χ3v) is 11.1. The highest BCUT2D eigenvalue weighted by Gasteiger charge is 2.38. The Balaban J connectivity index is 0.947. The lowest BCUT2D eigenvalue weighted by Gasteiger charge is -2.30. The number of hydrogen-bond donors (Lipinski definition) is 4. The molecule has 2 saturated heterocycles. The summed E-state index contributed by atoms with van der Waals surface area (Å²) in [6, 6.07) is 16.1. The predicted octanol–water partition coefficient (Wildman–Crippen LogP) is 5.90. The van der Waals surface area contributed by atoms with E-state index in [1.54, 1.807) is 11.1 Å². The summed E-state index contributed by atoms with van der Waals surface area (Å²) in [5.41, 5.74) is 4.17. The Kier molecular flexibility index (Phi) is 13.0. The van der Waals surface area contributed by atoms with Gasteiger partial charge in [-0.15, -0.1) is 0 Å². The maximum Gasteiger partial charge on any atom is 0.408 e. The summed E-state index contributed by atoms with van der Waals surface area (Å²) in [5, 5.41) is 8.94. The SMILES string of the molecule is CC(C)C#CCOC(=O)N[C@@H]1CCN(C(=O)N[C@@H](C(=O)N2CCC[C@H]2c2ncc(-c3ccc(C4CCC(NC(=O)c5cnccn5)CC4)cc3)[nH]2)c2ccccc2)C1. The number of aromatic amines is 1. The van der Waals surface area contributed by atoms with Crippen molar-refractivity contribution in [3.63, 3.8) is 0 Å². The van der Waals surface area contributed by atoms with E-state index in [1.165, 1.54) is 18.0 Å². The molecular formula is C44H51N9O5. The molecule has 2 aromatic carbocycles. The summed E-state index contributed by atoms with van der Waals surface area (Å²) in [4.78, 5) is 72.7. The standard InChI is InChI=1S/C44H51N9O5/c1-29(2)8-7-25-58-44(57)49-35-20-24-52(28-35)43(56)51-39(33-9-4-3-5-10-33)42(55)53-23-6-11-38(53)40-47-27-36(50-40)32-14-12-30(13-15-32)31-16-18-34(19-17-31)48-41(54)37-26-45-21-22-46-37/h3-5,9-10,12-15,21-22,26-27,29,31,34-35,38-39H,6,11,16-20,23-25,28H2,1-2H3,(H,47,50)(H,48,54)(H,49,57)(H,51,56)/t31?,34?,35-,38+,39-/m1/s1. The second-order valence-corrected chi connectivity index (χ2v) is 15.5. The maximum atomic E-state index is 14.4. The number of urea groups is 1. The van der Waals surface area contributed by atoms with Crippen LogP contribution in [0.15, 0.2) is 79.4 Å². The van der Waals surface area contributed by atoms with Crippen LogP contribution in [-0.2, 0) is 9.53 Å². The Labute approximate surface area is 339 Å². The highest BCUT2D eigenvalue weighted by atomic mass is 16.5. The molecule has 0 spiro atoms. The molecule has 4 N–H and O–H groups in total. The lowest BCUT2D eigenvalue weighted by atomic mass is 9.81. The quantitative estimate of drug-likeness (QED) is 0.144. The first kappa shape index (κ1) is 40.0. The first-order valence-corrected chi connectivity index (χ1v) is 20.3. The van der Waals surface area contributed by atoms with Gasteiger partial charge in [-0.25, -0.2) is 19.6 Å². The van der Waals surface area contributed by atoms with Crippen molar-refractivity contribution < 1.29 is 23.9 Å². The molecule has 7 rings (SSSR count). The van der Waals surface area contributed by atoms with Crippen LogP contribution in [-0.4, -0.2) is 92.0 Å². The fourth-order valence-corrected chi connectivity index (χ4v) is 8.08. The minimum absolute atomic E-state index is 0.00511. The lowest BCUT2D eigenvalue weighted by molar-refractivity contribution is -0.134. The van der Waals surface area contributed by atoms with Crippen LogP contribution >= 0.6 is 0 Å². The zero-order valence-corrected chi connectivity index (χ0v) is 33.0. The second kappa shape index (κ2) is 18.8. The zero-order valence-electron chi connectivity index (χ0n) is 33.0. The largest absolute Gasteiger partial charge is 0.436 e. The van der Waals surface area contributed by atoms with Crippen molar-refractivity contribution in [3.8, 4) is 23.1 Å². The average Bonchev–Trinajstić information content (AvgIpc) is 4.04. The van der Waals surface area contributed by atoms with Gasteiger partial charge in [0.25, 0.3) is 5.91 Å². The number of carbonyl (C=O) groups is 4. The van der Waals surface area contributed by atoms with Crippen LogP contribution in [0.2, 0.25) is 0 Å². The van der Waals surface area contributed by atoms with Crippen LogP contribution in [0.1, 0.15) is 104 Å². The van der Waals surface area contributed by atoms with E-state index in [0.717, 1.165) is 49.8 Å². The molecule has 5 amide bonds. The molecule has 302 valence electrons. The van der Waals surface area contributed by atoms with Gasteiger partial charge in [0.15, 0.2) is 6.61 Å². The summed E-state index contributed by atoms with van der Waals surface area (Å²) in [5.74, 6) is 6.70. The summed E-state index contributed by atoms with van der Waals surface area (Å²) >= 11 is 0. The van der Waals surface area contributed by atoms with Gasteiger partial charge in [0.05, 0.1) is 30.2 Å². The number of hydrogen-bond acceptors (Lipinski definition) is 8. The monoisotopic (exact) mass is 785 g/mol.